The van der Waals surface area contributed by atoms with Crippen LogP contribution in [0, 0.1) is 6.92 Å². The Morgan fingerprint density at radius 2 is 1.96 bits per heavy atom. The molecule has 1 N–H and O–H groups in total. The van der Waals surface area contributed by atoms with Crippen molar-refractivity contribution in [2.24, 2.45) is 5.10 Å². The highest BCUT2D eigenvalue weighted by atomic mass is 16.2. The summed E-state index contributed by atoms with van der Waals surface area (Å²) in [7, 11) is 1.56. The zero-order chi connectivity index (χ0) is 18.0. The van der Waals surface area contributed by atoms with Crippen molar-refractivity contribution in [2.45, 2.75) is 32.7 Å². The standard InChI is InChI=1S/C18H21N5O2/c1-12(20-18(25)16-9-10-17(24)22(3)21-16)15-11-19-23(13(15)2)14-7-5-4-6-8-14/h4-8,11-12H,9-10H2,1-3H3,(H,20,25)/t12-/m0/s1. The van der Waals surface area contributed by atoms with Crippen LogP contribution >= 0.6 is 0 Å². The van der Waals surface area contributed by atoms with E-state index in [2.05, 4.69) is 15.5 Å². The molecular weight excluding hydrogens is 318 g/mol. The van der Waals surface area contributed by atoms with Crippen LogP contribution in [0.15, 0.2) is 41.6 Å². The number of nitrogens with one attached hydrogen (secondary N) is 1. The van der Waals surface area contributed by atoms with E-state index in [1.807, 2.05) is 48.9 Å². The lowest BCUT2D eigenvalue weighted by molar-refractivity contribution is -0.130. The van der Waals surface area contributed by atoms with Crippen LogP contribution in [0.25, 0.3) is 5.69 Å². The van der Waals surface area contributed by atoms with Crippen LogP contribution in [0.5, 0.6) is 0 Å². The molecule has 1 atom stereocenters. The van der Waals surface area contributed by atoms with Gasteiger partial charge in [0.1, 0.15) is 5.71 Å². The molecule has 0 saturated carbocycles. The van der Waals surface area contributed by atoms with Gasteiger partial charge in [0.2, 0.25) is 5.91 Å². The number of para-hydroxylation sites is 1. The van der Waals surface area contributed by atoms with E-state index in [1.54, 1.807) is 13.2 Å². The Morgan fingerprint density at radius 3 is 2.64 bits per heavy atom. The van der Waals surface area contributed by atoms with E-state index in [9.17, 15) is 9.59 Å². The van der Waals surface area contributed by atoms with Crippen LogP contribution < -0.4 is 5.32 Å². The second-order valence-corrected chi connectivity index (χ2v) is 6.09. The van der Waals surface area contributed by atoms with Crippen molar-refractivity contribution < 1.29 is 9.59 Å². The van der Waals surface area contributed by atoms with Gasteiger partial charge in [-0.05, 0) is 26.0 Å². The molecule has 2 aromatic rings. The van der Waals surface area contributed by atoms with Crippen molar-refractivity contribution in [2.75, 3.05) is 7.05 Å². The smallest absolute Gasteiger partial charge is 0.267 e. The minimum Gasteiger partial charge on any atom is -0.344 e. The molecule has 0 radical (unpaired) electrons. The molecule has 130 valence electrons. The largest absolute Gasteiger partial charge is 0.344 e. The van der Waals surface area contributed by atoms with E-state index in [4.69, 9.17) is 0 Å². The highest BCUT2D eigenvalue weighted by Gasteiger charge is 2.24. The van der Waals surface area contributed by atoms with Crippen LogP contribution in [-0.4, -0.2) is 39.4 Å². The van der Waals surface area contributed by atoms with Crippen molar-refractivity contribution >= 4 is 17.5 Å². The van der Waals surface area contributed by atoms with Gasteiger partial charge >= 0.3 is 0 Å². The van der Waals surface area contributed by atoms with Gasteiger partial charge in [-0.2, -0.15) is 10.2 Å². The average molecular weight is 339 g/mol. The Balaban J connectivity index is 1.75. The summed E-state index contributed by atoms with van der Waals surface area (Å²) < 4.78 is 1.85. The monoisotopic (exact) mass is 339 g/mol. The molecule has 2 heterocycles. The first-order valence-corrected chi connectivity index (χ1v) is 8.22. The number of rotatable bonds is 4. The van der Waals surface area contributed by atoms with E-state index in [1.165, 1.54) is 5.01 Å². The molecule has 25 heavy (non-hydrogen) atoms. The third-order valence-electron chi connectivity index (χ3n) is 4.33. The van der Waals surface area contributed by atoms with Gasteiger partial charge in [0, 0.05) is 31.1 Å². The molecule has 0 saturated heterocycles. The lowest BCUT2D eigenvalue weighted by atomic mass is 10.1. The number of carbonyl (C=O) groups excluding carboxylic acids is 2. The second kappa shape index (κ2) is 6.88. The predicted octanol–water partition coefficient (Wildman–Crippen LogP) is 1.97. The first kappa shape index (κ1) is 16.9. The van der Waals surface area contributed by atoms with Crippen LogP contribution in [0.4, 0.5) is 0 Å². The first-order valence-electron chi connectivity index (χ1n) is 8.22. The zero-order valence-corrected chi connectivity index (χ0v) is 14.6. The molecule has 2 amide bonds. The number of aromatic nitrogens is 2. The SMILES string of the molecule is Cc1c([C@H](C)NC(=O)C2=NN(C)C(=O)CC2)cnn1-c1ccccc1. The van der Waals surface area contributed by atoms with Crippen molar-refractivity contribution in [3.05, 3.63) is 47.8 Å². The molecule has 1 aliphatic rings. The predicted molar refractivity (Wildman–Crippen MR) is 94.3 cm³/mol. The maximum atomic E-state index is 12.4. The molecule has 0 unspecified atom stereocenters. The van der Waals surface area contributed by atoms with Gasteiger partial charge in [0.05, 0.1) is 17.9 Å². The Bertz CT molecular complexity index is 825. The molecule has 3 rings (SSSR count). The number of nitrogens with zero attached hydrogens (tertiary/aromatic N) is 4. The minimum atomic E-state index is -0.251. The van der Waals surface area contributed by atoms with E-state index in [0.717, 1.165) is 16.9 Å². The molecule has 0 fully saturated rings. The quantitative estimate of drug-likeness (QED) is 0.925. The lowest BCUT2D eigenvalue weighted by Gasteiger charge is -2.20. The van der Waals surface area contributed by atoms with Gasteiger partial charge in [0.25, 0.3) is 5.91 Å². The summed E-state index contributed by atoms with van der Waals surface area (Å²) in [4.78, 5) is 23.9. The van der Waals surface area contributed by atoms with E-state index in [-0.39, 0.29) is 17.9 Å². The van der Waals surface area contributed by atoms with Crippen molar-refractivity contribution in [1.29, 1.82) is 0 Å². The van der Waals surface area contributed by atoms with Crippen molar-refractivity contribution in [3.63, 3.8) is 0 Å². The van der Waals surface area contributed by atoms with E-state index >= 15 is 0 Å². The van der Waals surface area contributed by atoms with Gasteiger partial charge < -0.3 is 5.32 Å². The first-order chi connectivity index (χ1) is 12.0. The molecule has 0 bridgehead atoms. The summed E-state index contributed by atoms with van der Waals surface area (Å²) in [6.07, 6.45) is 2.44. The number of amides is 2. The third-order valence-corrected chi connectivity index (χ3v) is 4.33. The number of benzene rings is 1. The van der Waals surface area contributed by atoms with Crippen molar-refractivity contribution in [3.8, 4) is 5.69 Å². The van der Waals surface area contributed by atoms with E-state index < -0.39 is 0 Å². The summed E-state index contributed by atoms with van der Waals surface area (Å²) in [6, 6.07) is 9.63. The average Bonchev–Trinajstić information content (AvgIpc) is 2.99. The number of carbonyl (C=O) groups is 2. The number of hydrogen-bond acceptors (Lipinski definition) is 4. The van der Waals surface area contributed by atoms with E-state index in [0.29, 0.717) is 18.6 Å². The highest BCUT2D eigenvalue weighted by Crippen LogP contribution is 2.20. The Labute approximate surface area is 146 Å². The van der Waals surface area contributed by atoms with Gasteiger partial charge in [0.15, 0.2) is 0 Å². The van der Waals surface area contributed by atoms with Gasteiger partial charge in [-0.1, -0.05) is 18.2 Å². The normalized spacial score (nSPS) is 15.7. The molecule has 1 aliphatic heterocycles. The fourth-order valence-corrected chi connectivity index (χ4v) is 2.87. The fourth-order valence-electron chi connectivity index (χ4n) is 2.87. The molecule has 0 spiro atoms. The minimum absolute atomic E-state index is 0.0791. The van der Waals surface area contributed by atoms with Gasteiger partial charge in [-0.25, -0.2) is 9.69 Å². The van der Waals surface area contributed by atoms with Crippen LogP contribution in [0.2, 0.25) is 0 Å². The fraction of sp³-hybridized carbons (Fsp3) is 0.333. The summed E-state index contributed by atoms with van der Waals surface area (Å²) >= 11 is 0. The van der Waals surface area contributed by atoms with Gasteiger partial charge in [-0.15, -0.1) is 0 Å². The number of hydrazone groups is 1. The summed E-state index contributed by atoms with van der Waals surface area (Å²) in [6.45, 7) is 3.89. The molecule has 7 nitrogen and oxygen atoms in total. The van der Waals surface area contributed by atoms with Crippen LogP contribution in [0.3, 0.4) is 0 Å². The molecule has 1 aromatic carbocycles. The topological polar surface area (TPSA) is 79.6 Å². The number of hydrogen-bond donors (Lipinski definition) is 1. The maximum absolute atomic E-state index is 12.4. The molecular formula is C18H21N5O2. The maximum Gasteiger partial charge on any atom is 0.267 e. The van der Waals surface area contributed by atoms with Crippen molar-refractivity contribution in [1.82, 2.24) is 20.1 Å². The Hall–Kier alpha value is -2.96. The van der Waals surface area contributed by atoms with Gasteiger partial charge in [-0.3, -0.25) is 9.59 Å². The Morgan fingerprint density at radius 1 is 1.24 bits per heavy atom. The Kier molecular flexibility index (Phi) is 4.65. The summed E-state index contributed by atoms with van der Waals surface area (Å²) in [5, 5.41) is 12.7. The summed E-state index contributed by atoms with van der Waals surface area (Å²) in [5.74, 6) is -0.330. The molecule has 1 aromatic heterocycles. The molecule has 0 aliphatic carbocycles. The third kappa shape index (κ3) is 3.45. The van der Waals surface area contributed by atoms with Crippen LogP contribution in [0.1, 0.15) is 37.1 Å². The summed E-state index contributed by atoms with van der Waals surface area (Å²) in [5.41, 5.74) is 3.26. The molecule has 7 heteroatoms. The highest BCUT2D eigenvalue weighted by molar-refractivity contribution is 6.39. The van der Waals surface area contributed by atoms with Crippen LogP contribution in [-0.2, 0) is 9.59 Å². The lowest BCUT2D eigenvalue weighted by Crippen LogP contribution is -2.38. The zero-order valence-electron chi connectivity index (χ0n) is 14.6. The second-order valence-electron chi connectivity index (χ2n) is 6.09.